The van der Waals surface area contributed by atoms with Crippen molar-refractivity contribution in [2.75, 3.05) is 5.32 Å². The second-order valence-electron chi connectivity index (χ2n) is 5.16. The Morgan fingerprint density at radius 2 is 1.48 bits per heavy atom. The molecule has 1 N–H and O–H groups in total. The van der Waals surface area contributed by atoms with Gasteiger partial charge in [-0.25, -0.2) is 9.83 Å². The predicted octanol–water partition coefficient (Wildman–Crippen LogP) is 5.08. The number of rotatable bonds is 2. The van der Waals surface area contributed by atoms with Gasteiger partial charge in [0.15, 0.2) is 0 Å². The molecule has 0 spiro atoms. The summed E-state index contributed by atoms with van der Waals surface area (Å²) < 4.78 is 0. The fourth-order valence-corrected chi connectivity index (χ4v) is 2.63. The van der Waals surface area contributed by atoms with Gasteiger partial charge in [-0.2, -0.15) is 0 Å². The first-order valence-corrected chi connectivity index (χ1v) is 7.23. The summed E-state index contributed by atoms with van der Waals surface area (Å²) in [6.07, 6.45) is 1.57. The molecule has 2 aromatic carbocycles. The highest BCUT2D eigenvalue weighted by Gasteiger charge is 2.09. The fraction of sp³-hybridized carbons (Fsp3) is 0. The zero-order valence-corrected chi connectivity index (χ0v) is 12.2. The SMILES string of the molecule is [C-]#[N+]c1ccc(Nc2c3ccccc3nc3ccccc23)nc1. The largest absolute Gasteiger partial charge is 0.339 e. The average Bonchev–Trinajstić information content (AvgIpc) is 2.62. The lowest BCUT2D eigenvalue weighted by atomic mass is 10.1. The molecule has 23 heavy (non-hydrogen) atoms. The van der Waals surface area contributed by atoms with Crippen LogP contribution in [0, 0.1) is 6.57 Å². The summed E-state index contributed by atoms with van der Waals surface area (Å²) in [7, 11) is 0. The molecule has 0 saturated carbocycles. The van der Waals surface area contributed by atoms with E-state index in [1.54, 1.807) is 12.3 Å². The Hall–Kier alpha value is -3.45. The van der Waals surface area contributed by atoms with Crippen LogP contribution in [0.5, 0.6) is 0 Å². The van der Waals surface area contributed by atoms with Crippen LogP contribution in [-0.4, -0.2) is 9.97 Å². The number of benzene rings is 2. The van der Waals surface area contributed by atoms with Crippen molar-refractivity contribution in [3.63, 3.8) is 0 Å². The predicted molar refractivity (Wildman–Crippen MR) is 93.0 cm³/mol. The van der Waals surface area contributed by atoms with Gasteiger partial charge in [-0.05, 0) is 18.2 Å². The molecule has 0 aliphatic rings. The third kappa shape index (κ3) is 2.34. The molecule has 0 unspecified atom stereocenters. The van der Waals surface area contributed by atoms with Crippen LogP contribution in [0.25, 0.3) is 26.7 Å². The molecule has 4 aromatic rings. The van der Waals surface area contributed by atoms with E-state index in [9.17, 15) is 0 Å². The summed E-state index contributed by atoms with van der Waals surface area (Å²) in [4.78, 5) is 12.4. The molecule has 0 radical (unpaired) electrons. The summed E-state index contributed by atoms with van der Waals surface area (Å²) in [6, 6.07) is 19.6. The smallest absolute Gasteiger partial charge is 0.205 e. The highest BCUT2D eigenvalue weighted by molar-refractivity contribution is 6.08. The van der Waals surface area contributed by atoms with Crippen molar-refractivity contribution in [1.82, 2.24) is 9.97 Å². The van der Waals surface area contributed by atoms with Gasteiger partial charge < -0.3 is 5.32 Å². The first kappa shape index (κ1) is 13.2. The van der Waals surface area contributed by atoms with Crippen LogP contribution in [0.1, 0.15) is 0 Å². The van der Waals surface area contributed by atoms with Crippen molar-refractivity contribution >= 4 is 39.0 Å². The van der Waals surface area contributed by atoms with Crippen molar-refractivity contribution < 1.29 is 0 Å². The average molecular weight is 296 g/mol. The van der Waals surface area contributed by atoms with E-state index in [-0.39, 0.29) is 0 Å². The van der Waals surface area contributed by atoms with Crippen LogP contribution < -0.4 is 5.32 Å². The Balaban J connectivity index is 1.93. The number of nitrogens with one attached hydrogen (secondary N) is 1. The molecule has 0 bridgehead atoms. The van der Waals surface area contributed by atoms with Gasteiger partial charge in [0, 0.05) is 17.0 Å². The molecule has 108 valence electrons. The number of nitrogens with zero attached hydrogens (tertiary/aromatic N) is 3. The van der Waals surface area contributed by atoms with Gasteiger partial charge in [-0.3, -0.25) is 4.98 Å². The maximum absolute atomic E-state index is 7.01. The molecule has 2 heterocycles. The van der Waals surface area contributed by atoms with Crippen LogP contribution in [-0.2, 0) is 0 Å². The molecule has 0 aliphatic heterocycles. The van der Waals surface area contributed by atoms with Crippen LogP contribution in [0.3, 0.4) is 0 Å². The quantitative estimate of drug-likeness (QED) is 0.414. The molecular formula is C19H12N4. The third-order valence-electron chi connectivity index (χ3n) is 3.72. The van der Waals surface area contributed by atoms with Crippen LogP contribution >= 0.6 is 0 Å². The van der Waals surface area contributed by atoms with Crippen LogP contribution in [0.2, 0.25) is 0 Å². The topological polar surface area (TPSA) is 42.2 Å². The Labute approximate surface area is 133 Å². The van der Waals surface area contributed by atoms with Crippen molar-refractivity contribution in [1.29, 1.82) is 0 Å². The van der Waals surface area contributed by atoms with Crippen molar-refractivity contribution in [2.24, 2.45) is 0 Å². The maximum Gasteiger partial charge on any atom is 0.205 e. The minimum absolute atomic E-state index is 0.528. The van der Waals surface area contributed by atoms with E-state index in [0.717, 1.165) is 27.5 Å². The van der Waals surface area contributed by atoms with E-state index >= 15 is 0 Å². The van der Waals surface area contributed by atoms with Crippen molar-refractivity contribution in [2.45, 2.75) is 0 Å². The standard InChI is InChI=1S/C19H12N4/c1-20-13-10-11-18(21-12-13)23-19-14-6-2-4-8-16(14)22-17-9-5-3-7-15(17)19/h2-12H,(H,21,22,23). The highest BCUT2D eigenvalue weighted by Crippen LogP contribution is 2.32. The molecule has 0 amide bonds. The second-order valence-corrected chi connectivity index (χ2v) is 5.16. The van der Waals surface area contributed by atoms with E-state index < -0.39 is 0 Å². The molecule has 0 atom stereocenters. The van der Waals surface area contributed by atoms with E-state index in [0.29, 0.717) is 11.5 Å². The van der Waals surface area contributed by atoms with Gasteiger partial charge in [0.2, 0.25) is 5.69 Å². The van der Waals surface area contributed by atoms with E-state index in [1.807, 2.05) is 54.6 Å². The number of pyridine rings is 2. The first-order valence-electron chi connectivity index (χ1n) is 7.23. The second kappa shape index (κ2) is 5.39. The third-order valence-corrected chi connectivity index (χ3v) is 3.72. The van der Waals surface area contributed by atoms with Gasteiger partial charge >= 0.3 is 0 Å². The molecule has 2 aromatic heterocycles. The molecule has 0 fully saturated rings. The van der Waals surface area contributed by atoms with Gasteiger partial charge in [-0.1, -0.05) is 42.5 Å². The summed E-state index contributed by atoms with van der Waals surface area (Å²) >= 11 is 0. The zero-order chi connectivity index (χ0) is 15.6. The summed E-state index contributed by atoms with van der Waals surface area (Å²) in [5.74, 6) is 0.707. The minimum atomic E-state index is 0.528. The van der Waals surface area contributed by atoms with Crippen molar-refractivity contribution in [3.05, 3.63) is 78.3 Å². The Morgan fingerprint density at radius 3 is 2.04 bits per heavy atom. The van der Waals surface area contributed by atoms with E-state index in [4.69, 9.17) is 11.6 Å². The zero-order valence-electron chi connectivity index (χ0n) is 12.2. The molecule has 0 saturated heterocycles. The summed E-state index contributed by atoms with van der Waals surface area (Å²) in [6.45, 7) is 7.01. The molecule has 4 rings (SSSR count). The molecule has 0 aliphatic carbocycles. The number of anilines is 2. The normalized spacial score (nSPS) is 10.6. The van der Waals surface area contributed by atoms with Crippen LogP contribution in [0.4, 0.5) is 17.2 Å². The Bertz CT molecular complexity index is 992. The molecular weight excluding hydrogens is 284 g/mol. The maximum atomic E-state index is 7.01. The van der Waals surface area contributed by atoms with Crippen molar-refractivity contribution in [3.8, 4) is 0 Å². The fourth-order valence-electron chi connectivity index (χ4n) is 2.63. The minimum Gasteiger partial charge on any atom is -0.339 e. The Morgan fingerprint density at radius 1 is 0.826 bits per heavy atom. The number of hydrogen-bond donors (Lipinski definition) is 1. The number of aromatic nitrogens is 2. The lowest BCUT2D eigenvalue weighted by molar-refractivity contribution is 1.32. The first-order chi connectivity index (χ1) is 11.3. The lowest BCUT2D eigenvalue weighted by Crippen LogP contribution is -1.96. The summed E-state index contributed by atoms with van der Waals surface area (Å²) in [5, 5.41) is 5.47. The highest BCUT2D eigenvalue weighted by atomic mass is 15.0. The van der Waals surface area contributed by atoms with Gasteiger partial charge in [0.05, 0.1) is 23.3 Å². The monoisotopic (exact) mass is 296 g/mol. The van der Waals surface area contributed by atoms with Crippen LogP contribution in [0.15, 0.2) is 66.9 Å². The Kier molecular flexibility index (Phi) is 3.10. The number of para-hydroxylation sites is 2. The van der Waals surface area contributed by atoms with E-state index in [1.165, 1.54) is 0 Å². The number of hydrogen-bond acceptors (Lipinski definition) is 3. The molecule has 4 nitrogen and oxygen atoms in total. The summed E-state index contributed by atoms with van der Waals surface area (Å²) in [5.41, 5.74) is 3.38. The van der Waals surface area contributed by atoms with E-state index in [2.05, 4.69) is 15.1 Å². The van der Waals surface area contributed by atoms with Gasteiger partial charge in [0.1, 0.15) is 5.82 Å². The number of fused-ring (bicyclic) bond motifs is 2. The lowest BCUT2D eigenvalue weighted by Gasteiger charge is -2.12. The molecule has 4 heteroatoms. The van der Waals surface area contributed by atoms with Gasteiger partial charge in [0.25, 0.3) is 0 Å². The van der Waals surface area contributed by atoms with Gasteiger partial charge in [-0.15, -0.1) is 0 Å².